The zero-order valence-corrected chi connectivity index (χ0v) is 12.2. The van der Waals surface area contributed by atoms with Gasteiger partial charge in [-0.15, -0.1) is 0 Å². The van der Waals surface area contributed by atoms with Crippen LogP contribution in [0.15, 0.2) is 36.4 Å². The fourth-order valence-electron chi connectivity index (χ4n) is 1.83. The van der Waals surface area contributed by atoms with E-state index in [4.69, 9.17) is 21.1 Å². The van der Waals surface area contributed by atoms with Crippen molar-refractivity contribution in [3.63, 3.8) is 0 Å². The van der Waals surface area contributed by atoms with Crippen LogP contribution in [0.4, 0.5) is 17.1 Å². The molecule has 7 heteroatoms. The molecule has 0 saturated carbocycles. The van der Waals surface area contributed by atoms with E-state index < -0.39 is 4.92 Å². The highest BCUT2D eigenvalue weighted by Gasteiger charge is 2.15. The fourth-order valence-corrected chi connectivity index (χ4v) is 2.00. The van der Waals surface area contributed by atoms with Crippen molar-refractivity contribution in [2.24, 2.45) is 0 Å². The molecule has 0 aliphatic heterocycles. The Bertz CT molecular complexity index is 676. The number of hydrogen-bond donors (Lipinski definition) is 1. The number of nitrogens with one attached hydrogen (secondary N) is 1. The molecule has 0 aliphatic carbocycles. The van der Waals surface area contributed by atoms with Crippen LogP contribution in [-0.4, -0.2) is 19.1 Å². The molecule has 21 heavy (non-hydrogen) atoms. The molecular formula is C14H13ClN2O4. The van der Waals surface area contributed by atoms with Crippen molar-refractivity contribution >= 4 is 28.7 Å². The van der Waals surface area contributed by atoms with Crippen molar-refractivity contribution in [3.05, 3.63) is 51.5 Å². The lowest BCUT2D eigenvalue weighted by Gasteiger charge is -2.11. The highest BCUT2D eigenvalue weighted by Crippen LogP contribution is 2.34. The molecule has 0 unspecified atom stereocenters. The van der Waals surface area contributed by atoms with Crippen molar-refractivity contribution < 1.29 is 14.4 Å². The molecule has 0 spiro atoms. The molecule has 6 nitrogen and oxygen atoms in total. The maximum absolute atomic E-state index is 11.0. The zero-order chi connectivity index (χ0) is 15.4. The second kappa shape index (κ2) is 6.32. The molecule has 0 saturated heterocycles. The van der Waals surface area contributed by atoms with Gasteiger partial charge in [0.15, 0.2) is 11.5 Å². The summed E-state index contributed by atoms with van der Waals surface area (Å²) in [5.41, 5.74) is 0.881. The minimum Gasteiger partial charge on any atom is -0.493 e. The number of nitro benzene ring substituents is 1. The predicted octanol–water partition coefficient (Wildman–Crippen LogP) is 4.01. The quantitative estimate of drug-likeness (QED) is 0.667. The third kappa shape index (κ3) is 3.35. The van der Waals surface area contributed by atoms with Gasteiger partial charge in [0.1, 0.15) is 5.69 Å². The third-order valence-corrected chi connectivity index (χ3v) is 3.05. The normalized spacial score (nSPS) is 10.0. The van der Waals surface area contributed by atoms with Crippen molar-refractivity contribution in [1.82, 2.24) is 0 Å². The highest BCUT2D eigenvalue weighted by atomic mass is 35.5. The highest BCUT2D eigenvalue weighted by molar-refractivity contribution is 6.30. The first kappa shape index (κ1) is 14.9. The Kier molecular flexibility index (Phi) is 4.49. The summed E-state index contributed by atoms with van der Waals surface area (Å²) < 4.78 is 10.3. The van der Waals surface area contributed by atoms with Crippen LogP contribution < -0.4 is 14.8 Å². The molecule has 1 N–H and O–H groups in total. The van der Waals surface area contributed by atoms with Crippen LogP contribution in [0.1, 0.15) is 0 Å². The average Bonchev–Trinajstić information content (AvgIpc) is 2.48. The Balaban J connectivity index is 2.36. The maximum Gasteiger partial charge on any atom is 0.294 e. The van der Waals surface area contributed by atoms with Gasteiger partial charge in [-0.2, -0.15) is 0 Å². The molecule has 2 aromatic carbocycles. The molecule has 0 radical (unpaired) electrons. The summed E-state index contributed by atoms with van der Waals surface area (Å²) in [4.78, 5) is 10.6. The van der Waals surface area contributed by atoms with Crippen LogP contribution in [0, 0.1) is 10.1 Å². The van der Waals surface area contributed by atoms with E-state index in [1.807, 2.05) is 0 Å². The number of hydrogen-bond acceptors (Lipinski definition) is 5. The molecule has 0 atom stereocenters. The number of anilines is 2. The van der Waals surface area contributed by atoms with Gasteiger partial charge in [-0.1, -0.05) is 11.6 Å². The summed E-state index contributed by atoms with van der Waals surface area (Å²) in [6, 6.07) is 9.57. The molecule has 0 bridgehead atoms. The minimum absolute atomic E-state index is 0.0997. The van der Waals surface area contributed by atoms with Gasteiger partial charge >= 0.3 is 0 Å². The summed E-state index contributed by atoms with van der Waals surface area (Å²) >= 11 is 5.78. The number of methoxy groups -OCH3 is 2. The van der Waals surface area contributed by atoms with Crippen molar-refractivity contribution in [2.75, 3.05) is 19.5 Å². The summed E-state index contributed by atoms with van der Waals surface area (Å²) in [5.74, 6) is 1.10. The number of rotatable bonds is 5. The van der Waals surface area contributed by atoms with Gasteiger partial charge in [0.25, 0.3) is 5.69 Å². The second-order valence-electron chi connectivity index (χ2n) is 4.11. The average molecular weight is 309 g/mol. The van der Waals surface area contributed by atoms with Crippen molar-refractivity contribution in [3.8, 4) is 11.5 Å². The molecule has 0 aromatic heterocycles. The lowest BCUT2D eigenvalue weighted by atomic mass is 10.2. The van der Waals surface area contributed by atoms with Crippen LogP contribution in [0.2, 0.25) is 5.02 Å². The molecule has 0 heterocycles. The van der Waals surface area contributed by atoms with Gasteiger partial charge in [-0.05, 0) is 24.3 Å². The number of halogens is 1. The molecule has 2 rings (SSSR count). The van der Waals surface area contributed by atoms with Gasteiger partial charge in [0.2, 0.25) is 0 Å². The molecule has 2 aromatic rings. The standard InChI is InChI=1S/C14H13ClN2O4/c1-20-13-6-4-10(8-14(13)21-2)16-11-5-3-9(15)7-12(11)17(18)19/h3-8,16H,1-2H3. The van der Waals surface area contributed by atoms with Crippen LogP contribution in [0.25, 0.3) is 0 Å². The smallest absolute Gasteiger partial charge is 0.294 e. The fraction of sp³-hybridized carbons (Fsp3) is 0.143. The zero-order valence-electron chi connectivity index (χ0n) is 11.4. The van der Waals surface area contributed by atoms with Gasteiger partial charge in [0.05, 0.1) is 19.1 Å². The first-order chi connectivity index (χ1) is 10.0. The number of benzene rings is 2. The topological polar surface area (TPSA) is 73.6 Å². The monoisotopic (exact) mass is 308 g/mol. The van der Waals surface area contributed by atoms with Crippen molar-refractivity contribution in [2.45, 2.75) is 0 Å². The first-order valence-corrected chi connectivity index (χ1v) is 6.36. The van der Waals surface area contributed by atoms with Crippen LogP contribution in [-0.2, 0) is 0 Å². The van der Waals surface area contributed by atoms with E-state index in [0.29, 0.717) is 27.9 Å². The Morgan fingerprint density at radius 1 is 1.10 bits per heavy atom. The minimum atomic E-state index is -0.491. The lowest BCUT2D eigenvalue weighted by Crippen LogP contribution is -1.98. The summed E-state index contributed by atoms with van der Waals surface area (Å²) in [5, 5.41) is 14.3. The van der Waals surface area contributed by atoms with Gasteiger partial charge in [-0.3, -0.25) is 10.1 Å². The number of nitrogens with zero attached hydrogens (tertiary/aromatic N) is 1. The van der Waals surface area contributed by atoms with E-state index in [0.717, 1.165) is 0 Å². The summed E-state index contributed by atoms with van der Waals surface area (Å²) in [6.07, 6.45) is 0. The largest absolute Gasteiger partial charge is 0.493 e. The first-order valence-electron chi connectivity index (χ1n) is 5.98. The SMILES string of the molecule is COc1ccc(Nc2ccc(Cl)cc2[N+](=O)[O-])cc1OC. The van der Waals surface area contributed by atoms with Gasteiger partial charge in [0, 0.05) is 22.8 Å². The molecule has 110 valence electrons. The van der Waals surface area contributed by atoms with E-state index in [-0.39, 0.29) is 5.69 Å². The Morgan fingerprint density at radius 2 is 1.81 bits per heavy atom. The number of nitro groups is 1. The summed E-state index contributed by atoms with van der Waals surface area (Å²) in [6.45, 7) is 0. The molecule has 0 aliphatic rings. The number of ether oxygens (including phenoxy) is 2. The van der Waals surface area contributed by atoms with Crippen molar-refractivity contribution in [1.29, 1.82) is 0 Å². The van der Waals surface area contributed by atoms with Crippen LogP contribution >= 0.6 is 11.6 Å². The van der Waals surface area contributed by atoms with E-state index >= 15 is 0 Å². The molecule has 0 fully saturated rings. The van der Waals surface area contributed by atoms with Crippen LogP contribution in [0.3, 0.4) is 0 Å². The second-order valence-corrected chi connectivity index (χ2v) is 4.55. The van der Waals surface area contributed by atoms with Gasteiger partial charge in [-0.25, -0.2) is 0 Å². The Morgan fingerprint density at radius 3 is 2.43 bits per heavy atom. The van der Waals surface area contributed by atoms with Crippen LogP contribution in [0.5, 0.6) is 11.5 Å². The van der Waals surface area contributed by atoms with E-state index in [1.165, 1.54) is 20.3 Å². The van der Waals surface area contributed by atoms with E-state index in [9.17, 15) is 10.1 Å². The Labute approximate surface area is 126 Å². The third-order valence-electron chi connectivity index (χ3n) is 2.82. The van der Waals surface area contributed by atoms with E-state index in [1.54, 1.807) is 30.3 Å². The maximum atomic E-state index is 11.0. The predicted molar refractivity (Wildman–Crippen MR) is 80.9 cm³/mol. The lowest BCUT2D eigenvalue weighted by molar-refractivity contribution is -0.383. The Hall–Kier alpha value is -2.47. The van der Waals surface area contributed by atoms with Gasteiger partial charge < -0.3 is 14.8 Å². The molecular weight excluding hydrogens is 296 g/mol. The summed E-state index contributed by atoms with van der Waals surface area (Å²) in [7, 11) is 3.06. The van der Waals surface area contributed by atoms with E-state index in [2.05, 4.69) is 5.32 Å². The molecule has 0 amide bonds.